The lowest BCUT2D eigenvalue weighted by atomic mass is 10.1. The molecular weight excluding hydrogens is 432 g/mol. The summed E-state index contributed by atoms with van der Waals surface area (Å²) in [6, 6.07) is 12.7. The van der Waals surface area contributed by atoms with Gasteiger partial charge in [0.1, 0.15) is 29.6 Å². The zero-order chi connectivity index (χ0) is 24.6. The van der Waals surface area contributed by atoms with Crippen LogP contribution < -0.4 is 15.2 Å². The molecule has 0 saturated heterocycles. The number of amides is 3. The Morgan fingerprint density at radius 1 is 0.794 bits per heavy atom. The standard InChI is InChI=1S/C27H38N2O5/c1-2-3-4-5-6-7-8-9-10-11-26(31)29(27(28)32)20-21-33-23-16-18-25(19-17-23)34-24-14-12-22(30)13-15-24/h12-19,30H,2-11,20-21H2,1H3,(H2,28,32). The number of aromatic hydroxyl groups is 1. The topological polar surface area (TPSA) is 102 Å². The molecule has 0 aliphatic carbocycles. The van der Waals surface area contributed by atoms with Gasteiger partial charge < -0.3 is 20.3 Å². The molecule has 0 atom stereocenters. The van der Waals surface area contributed by atoms with E-state index in [0.29, 0.717) is 23.7 Å². The maximum absolute atomic E-state index is 12.4. The van der Waals surface area contributed by atoms with Gasteiger partial charge in [0.15, 0.2) is 0 Å². The van der Waals surface area contributed by atoms with Crippen molar-refractivity contribution in [2.75, 3.05) is 13.2 Å². The molecule has 186 valence electrons. The first-order valence-corrected chi connectivity index (χ1v) is 12.3. The second-order valence-corrected chi connectivity index (χ2v) is 8.38. The summed E-state index contributed by atoms with van der Waals surface area (Å²) in [6.07, 6.45) is 10.8. The molecule has 0 aromatic heterocycles. The summed E-state index contributed by atoms with van der Waals surface area (Å²) in [5, 5.41) is 9.33. The number of hydrogen-bond acceptors (Lipinski definition) is 5. The Labute approximate surface area is 202 Å². The summed E-state index contributed by atoms with van der Waals surface area (Å²) in [5.41, 5.74) is 5.41. The van der Waals surface area contributed by atoms with Gasteiger partial charge in [-0.05, 0) is 55.0 Å². The van der Waals surface area contributed by atoms with Gasteiger partial charge in [-0.25, -0.2) is 4.79 Å². The Morgan fingerprint density at radius 3 is 1.85 bits per heavy atom. The van der Waals surface area contributed by atoms with Gasteiger partial charge in [0.2, 0.25) is 5.91 Å². The Morgan fingerprint density at radius 2 is 1.29 bits per heavy atom. The van der Waals surface area contributed by atoms with E-state index in [2.05, 4.69) is 6.92 Å². The predicted octanol–water partition coefficient (Wildman–Crippen LogP) is 6.39. The molecule has 3 N–H and O–H groups in total. The number of nitrogens with zero attached hydrogens (tertiary/aromatic N) is 1. The van der Waals surface area contributed by atoms with E-state index in [1.165, 1.54) is 38.5 Å². The summed E-state index contributed by atoms with van der Waals surface area (Å²) < 4.78 is 11.4. The van der Waals surface area contributed by atoms with E-state index in [4.69, 9.17) is 15.2 Å². The molecule has 34 heavy (non-hydrogen) atoms. The molecule has 0 bridgehead atoms. The number of benzene rings is 2. The zero-order valence-electron chi connectivity index (χ0n) is 20.2. The highest BCUT2D eigenvalue weighted by Crippen LogP contribution is 2.25. The van der Waals surface area contributed by atoms with Gasteiger partial charge in [-0.3, -0.25) is 9.69 Å². The maximum Gasteiger partial charge on any atom is 0.321 e. The van der Waals surface area contributed by atoms with Crippen molar-refractivity contribution < 1.29 is 24.2 Å². The molecule has 7 heteroatoms. The lowest BCUT2D eigenvalue weighted by molar-refractivity contribution is -0.128. The van der Waals surface area contributed by atoms with Gasteiger partial charge in [-0.2, -0.15) is 0 Å². The monoisotopic (exact) mass is 470 g/mol. The van der Waals surface area contributed by atoms with Gasteiger partial charge in [-0.15, -0.1) is 0 Å². The lowest BCUT2D eigenvalue weighted by Gasteiger charge is -2.19. The predicted molar refractivity (Wildman–Crippen MR) is 133 cm³/mol. The zero-order valence-corrected chi connectivity index (χ0v) is 20.2. The lowest BCUT2D eigenvalue weighted by Crippen LogP contribution is -2.42. The summed E-state index contributed by atoms with van der Waals surface area (Å²) >= 11 is 0. The average Bonchev–Trinajstić information content (AvgIpc) is 2.83. The molecule has 0 fully saturated rings. The minimum Gasteiger partial charge on any atom is -0.508 e. The van der Waals surface area contributed by atoms with Crippen molar-refractivity contribution in [1.82, 2.24) is 4.90 Å². The number of phenolic OH excluding ortho intramolecular Hbond substituents is 1. The molecule has 2 rings (SSSR count). The van der Waals surface area contributed by atoms with Crippen LogP contribution in [-0.4, -0.2) is 35.1 Å². The highest BCUT2D eigenvalue weighted by Gasteiger charge is 2.18. The number of phenols is 1. The number of hydrogen-bond donors (Lipinski definition) is 2. The summed E-state index contributed by atoms with van der Waals surface area (Å²) in [4.78, 5) is 25.2. The average molecular weight is 471 g/mol. The minimum absolute atomic E-state index is 0.108. The molecule has 0 radical (unpaired) electrons. The molecule has 0 unspecified atom stereocenters. The van der Waals surface area contributed by atoms with Crippen LogP contribution in [0.3, 0.4) is 0 Å². The number of carbonyl (C=O) groups is 2. The number of imide groups is 1. The van der Waals surface area contributed by atoms with Crippen LogP contribution >= 0.6 is 0 Å². The second-order valence-electron chi connectivity index (χ2n) is 8.38. The Balaban J connectivity index is 1.66. The van der Waals surface area contributed by atoms with Crippen LogP contribution in [0.2, 0.25) is 0 Å². The normalized spacial score (nSPS) is 10.6. The third-order valence-electron chi connectivity index (χ3n) is 5.54. The number of carbonyl (C=O) groups excluding carboxylic acids is 2. The third-order valence-corrected chi connectivity index (χ3v) is 5.54. The summed E-state index contributed by atoms with van der Waals surface area (Å²) in [5.74, 6) is 1.74. The molecular formula is C27H38N2O5. The minimum atomic E-state index is -0.748. The third kappa shape index (κ3) is 10.6. The van der Waals surface area contributed by atoms with Crippen LogP contribution in [-0.2, 0) is 4.79 Å². The number of nitrogens with two attached hydrogens (primary N) is 1. The van der Waals surface area contributed by atoms with Crippen LogP contribution in [0.15, 0.2) is 48.5 Å². The van der Waals surface area contributed by atoms with Crippen LogP contribution in [0.25, 0.3) is 0 Å². The first-order chi connectivity index (χ1) is 16.5. The van der Waals surface area contributed by atoms with Crippen LogP contribution in [0, 0.1) is 0 Å². The number of rotatable bonds is 16. The van der Waals surface area contributed by atoms with E-state index in [0.717, 1.165) is 24.2 Å². The fourth-order valence-corrected chi connectivity index (χ4v) is 3.59. The molecule has 3 amide bonds. The summed E-state index contributed by atoms with van der Waals surface area (Å²) in [6.45, 7) is 2.48. The Bertz CT molecular complexity index is 852. The van der Waals surface area contributed by atoms with Gasteiger partial charge in [0, 0.05) is 6.42 Å². The molecule has 2 aromatic carbocycles. The van der Waals surface area contributed by atoms with Crippen molar-refractivity contribution in [3.05, 3.63) is 48.5 Å². The SMILES string of the molecule is CCCCCCCCCCCC(=O)N(CCOc1ccc(Oc2ccc(O)cc2)cc1)C(N)=O. The van der Waals surface area contributed by atoms with Crippen molar-refractivity contribution in [1.29, 1.82) is 0 Å². The summed E-state index contributed by atoms with van der Waals surface area (Å²) in [7, 11) is 0. The van der Waals surface area contributed by atoms with Gasteiger partial charge in [-0.1, -0.05) is 58.3 Å². The van der Waals surface area contributed by atoms with Crippen molar-refractivity contribution >= 4 is 11.9 Å². The number of urea groups is 1. The first kappa shape index (κ1) is 27.0. The first-order valence-electron chi connectivity index (χ1n) is 12.3. The largest absolute Gasteiger partial charge is 0.508 e. The number of ether oxygens (including phenoxy) is 2. The van der Waals surface area contributed by atoms with E-state index in [1.54, 1.807) is 48.5 Å². The van der Waals surface area contributed by atoms with Gasteiger partial charge >= 0.3 is 6.03 Å². The Hall–Kier alpha value is -3.22. The molecule has 2 aromatic rings. The van der Waals surface area contributed by atoms with Crippen molar-refractivity contribution in [3.63, 3.8) is 0 Å². The molecule has 0 aliphatic rings. The van der Waals surface area contributed by atoms with E-state index in [9.17, 15) is 14.7 Å². The highest BCUT2D eigenvalue weighted by atomic mass is 16.5. The van der Waals surface area contributed by atoms with Crippen LogP contribution in [0.1, 0.15) is 71.1 Å². The molecule has 7 nitrogen and oxygen atoms in total. The smallest absolute Gasteiger partial charge is 0.321 e. The fraction of sp³-hybridized carbons (Fsp3) is 0.481. The molecule has 0 heterocycles. The fourth-order valence-electron chi connectivity index (χ4n) is 3.59. The van der Waals surface area contributed by atoms with Crippen molar-refractivity contribution in [3.8, 4) is 23.0 Å². The highest BCUT2D eigenvalue weighted by molar-refractivity contribution is 5.93. The number of unbranched alkanes of at least 4 members (excludes halogenated alkanes) is 8. The van der Waals surface area contributed by atoms with Crippen LogP contribution in [0.4, 0.5) is 4.79 Å². The molecule has 0 saturated carbocycles. The van der Waals surface area contributed by atoms with Crippen molar-refractivity contribution in [2.24, 2.45) is 5.73 Å². The number of primary amides is 1. The Kier molecular flexibility index (Phi) is 12.4. The molecule has 0 spiro atoms. The quantitative estimate of drug-likeness (QED) is 0.277. The van der Waals surface area contributed by atoms with Crippen molar-refractivity contribution in [2.45, 2.75) is 71.1 Å². The van der Waals surface area contributed by atoms with Gasteiger partial charge in [0.25, 0.3) is 0 Å². The molecule has 0 aliphatic heterocycles. The van der Waals surface area contributed by atoms with Crippen LogP contribution in [0.5, 0.6) is 23.0 Å². The van der Waals surface area contributed by atoms with E-state index in [-0.39, 0.29) is 24.8 Å². The maximum atomic E-state index is 12.4. The van der Waals surface area contributed by atoms with E-state index in [1.807, 2.05) is 0 Å². The van der Waals surface area contributed by atoms with E-state index >= 15 is 0 Å². The van der Waals surface area contributed by atoms with E-state index < -0.39 is 6.03 Å². The second kappa shape index (κ2) is 15.6. The van der Waals surface area contributed by atoms with Gasteiger partial charge in [0.05, 0.1) is 6.54 Å².